The first-order valence-electron chi connectivity index (χ1n) is 17.4. The van der Waals surface area contributed by atoms with Gasteiger partial charge in [-0.05, 0) is 135 Å². The van der Waals surface area contributed by atoms with E-state index in [0.29, 0.717) is 30.1 Å². The number of hydrogen-bond donors (Lipinski definition) is 5. The monoisotopic (exact) mass is 664 g/mol. The molecule has 2 amide bonds. The van der Waals surface area contributed by atoms with E-state index >= 15 is 0 Å². The fraction of sp³-hybridized carbons (Fsp3) is 0.750. The number of hydrogen-bond acceptors (Lipinski definition) is 5. The summed E-state index contributed by atoms with van der Waals surface area (Å²) >= 11 is 0. The lowest BCUT2D eigenvalue weighted by atomic mass is 9.43. The Morgan fingerprint density at radius 3 is 2.19 bits per heavy atom. The molecule has 1 aromatic carbocycles. The number of amides is 2. The smallest absolute Gasteiger partial charge is 0.416 e. The molecule has 4 aliphatic rings. The molecule has 11 atom stereocenters. The summed E-state index contributed by atoms with van der Waals surface area (Å²) < 4.78 is 38.3. The minimum absolute atomic E-state index is 0.0689. The van der Waals surface area contributed by atoms with Crippen LogP contribution in [0.4, 0.5) is 18.9 Å². The van der Waals surface area contributed by atoms with Crippen LogP contribution in [0.5, 0.6) is 0 Å². The molecule has 1 aromatic rings. The highest BCUT2D eigenvalue weighted by molar-refractivity contribution is 5.91. The lowest BCUT2D eigenvalue weighted by Crippen LogP contribution is -2.58. The second kappa shape index (κ2) is 13.7. The van der Waals surface area contributed by atoms with Crippen molar-refractivity contribution < 1.29 is 42.9 Å². The van der Waals surface area contributed by atoms with Gasteiger partial charge in [-0.15, -0.1) is 0 Å². The maximum Gasteiger partial charge on any atom is 0.416 e. The van der Waals surface area contributed by atoms with Crippen LogP contribution in [0, 0.1) is 46.3 Å². The van der Waals surface area contributed by atoms with Crippen molar-refractivity contribution in [2.75, 3.05) is 5.32 Å². The lowest BCUT2D eigenvalue weighted by molar-refractivity contribution is -0.174. The number of benzene rings is 1. The summed E-state index contributed by atoms with van der Waals surface area (Å²) in [5, 5.41) is 36.5. The molecule has 262 valence electrons. The van der Waals surface area contributed by atoms with Gasteiger partial charge in [0.15, 0.2) is 0 Å². The first-order chi connectivity index (χ1) is 22.0. The molecular weight excluding hydrogens is 613 g/mol. The molecule has 8 nitrogen and oxygen atoms in total. The molecule has 0 aromatic heterocycles. The number of rotatable bonds is 10. The first kappa shape index (κ1) is 35.6. The van der Waals surface area contributed by atoms with Crippen LogP contribution in [0.2, 0.25) is 0 Å². The SMILES string of the molecule is C[C@H](CCC(=O)N[C@@H](CCC(=O)Nc1ccc(C(F)(F)F)cc1)C(=O)O)[C@H]1CC[C@H]2[C@@H]3[C@H](O)C[C@@H]4C[C@H](O)CC[C@]4(C)[C@H]3CC[C@]12C. The number of aliphatic hydroxyl groups is 2. The summed E-state index contributed by atoms with van der Waals surface area (Å²) in [6.07, 6.45) is 2.98. The van der Waals surface area contributed by atoms with E-state index in [9.17, 15) is 42.9 Å². The van der Waals surface area contributed by atoms with Crippen molar-refractivity contribution in [3.8, 4) is 0 Å². The molecule has 0 heterocycles. The van der Waals surface area contributed by atoms with Gasteiger partial charge in [0.05, 0.1) is 17.8 Å². The Kier molecular flexibility index (Phi) is 10.4. The third-order valence-electron chi connectivity index (χ3n) is 13.0. The van der Waals surface area contributed by atoms with Gasteiger partial charge in [-0.3, -0.25) is 9.59 Å². The highest BCUT2D eigenvalue weighted by atomic mass is 19.4. The zero-order chi connectivity index (χ0) is 34.3. The zero-order valence-corrected chi connectivity index (χ0v) is 27.7. The van der Waals surface area contributed by atoms with E-state index in [1.807, 2.05) is 0 Å². The van der Waals surface area contributed by atoms with Crippen molar-refractivity contribution in [3.63, 3.8) is 0 Å². The molecule has 47 heavy (non-hydrogen) atoms. The predicted octanol–water partition coefficient (Wildman–Crippen LogP) is 6.40. The Bertz CT molecular complexity index is 1310. The van der Waals surface area contributed by atoms with Gasteiger partial charge >= 0.3 is 12.1 Å². The summed E-state index contributed by atoms with van der Waals surface area (Å²) in [4.78, 5) is 37.1. The van der Waals surface area contributed by atoms with Crippen molar-refractivity contribution in [1.82, 2.24) is 5.32 Å². The van der Waals surface area contributed by atoms with Crippen LogP contribution in [-0.2, 0) is 20.6 Å². The summed E-state index contributed by atoms with van der Waals surface area (Å²) in [6.45, 7) is 6.96. The molecule has 11 heteroatoms. The number of alkyl halides is 3. The minimum atomic E-state index is -4.49. The molecule has 0 unspecified atom stereocenters. The topological polar surface area (TPSA) is 136 Å². The third-order valence-corrected chi connectivity index (χ3v) is 13.0. The predicted molar refractivity (Wildman–Crippen MR) is 170 cm³/mol. The highest BCUT2D eigenvalue weighted by Gasteiger charge is 2.62. The molecule has 0 aliphatic heterocycles. The second-order valence-corrected chi connectivity index (χ2v) is 15.6. The van der Waals surface area contributed by atoms with Gasteiger partial charge in [0.25, 0.3) is 0 Å². The molecular formula is C36H51F3N2O6. The van der Waals surface area contributed by atoms with Crippen molar-refractivity contribution in [2.45, 2.75) is 122 Å². The molecule has 0 spiro atoms. The zero-order valence-electron chi connectivity index (χ0n) is 27.7. The standard InChI is InChI=1S/C36H51F3N2O6/c1-20(4-12-31(45)41-28(33(46)47)11-13-30(44)40-23-7-5-21(6-8-23)36(37,38)39)25-9-10-26-32-27(15-17-35(25,26)3)34(2)16-14-24(42)18-22(34)19-29(32)43/h5-8,20,22,24-29,32,42-43H,4,9-19H2,1-3H3,(H,40,44)(H,41,45)(H,46,47)/t20-,22+,24-,25-,26+,27+,28+,29-,32+,34+,35-/m1/s1. The van der Waals surface area contributed by atoms with Crippen LogP contribution >= 0.6 is 0 Å². The number of aliphatic carboxylic acids is 1. The van der Waals surface area contributed by atoms with Crippen molar-refractivity contribution in [1.29, 1.82) is 0 Å². The minimum Gasteiger partial charge on any atom is -0.480 e. The summed E-state index contributed by atoms with van der Waals surface area (Å²) in [5.74, 6) is -0.0633. The molecule has 0 saturated heterocycles. The van der Waals surface area contributed by atoms with E-state index in [0.717, 1.165) is 75.6 Å². The second-order valence-electron chi connectivity index (χ2n) is 15.6. The van der Waals surface area contributed by atoms with Gasteiger partial charge in [-0.1, -0.05) is 20.8 Å². The number of aliphatic hydroxyl groups excluding tert-OH is 2. The average molecular weight is 665 g/mol. The van der Waals surface area contributed by atoms with E-state index in [1.54, 1.807) is 0 Å². The molecule has 5 N–H and O–H groups in total. The molecule has 0 radical (unpaired) electrons. The van der Waals surface area contributed by atoms with Crippen LogP contribution in [0.1, 0.15) is 103 Å². The Labute approximate surface area is 275 Å². The van der Waals surface area contributed by atoms with E-state index in [1.165, 1.54) is 0 Å². The van der Waals surface area contributed by atoms with Gasteiger partial charge in [0.2, 0.25) is 11.8 Å². The number of anilines is 1. The summed E-state index contributed by atoms with van der Waals surface area (Å²) in [6, 6.07) is 2.70. The molecule has 4 saturated carbocycles. The van der Waals surface area contributed by atoms with Crippen LogP contribution in [-0.4, -0.2) is 51.4 Å². The number of carbonyl (C=O) groups excluding carboxylic acids is 2. The Balaban J connectivity index is 1.11. The van der Waals surface area contributed by atoms with Crippen LogP contribution < -0.4 is 10.6 Å². The van der Waals surface area contributed by atoms with Crippen molar-refractivity contribution >= 4 is 23.5 Å². The number of carboxylic acids is 1. The quantitative estimate of drug-likeness (QED) is 0.197. The van der Waals surface area contributed by atoms with Gasteiger partial charge in [-0.2, -0.15) is 13.2 Å². The van der Waals surface area contributed by atoms with E-state index in [4.69, 9.17) is 0 Å². The number of carbonyl (C=O) groups is 3. The van der Waals surface area contributed by atoms with E-state index in [-0.39, 0.29) is 59.8 Å². The number of nitrogens with one attached hydrogen (secondary N) is 2. The number of fused-ring (bicyclic) bond motifs is 5. The fourth-order valence-electron chi connectivity index (χ4n) is 10.5. The van der Waals surface area contributed by atoms with Crippen LogP contribution in [0.15, 0.2) is 24.3 Å². The molecule has 4 aliphatic carbocycles. The Hall–Kier alpha value is -2.66. The van der Waals surface area contributed by atoms with Gasteiger partial charge in [0, 0.05) is 18.5 Å². The molecule has 5 rings (SSSR count). The Morgan fingerprint density at radius 1 is 0.894 bits per heavy atom. The normalized spacial score (nSPS) is 36.3. The first-order valence-corrected chi connectivity index (χ1v) is 17.4. The van der Waals surface area contributed by atoms with Crippen LogP contribution in [0.3, 0.4) is 0 Å². The number of carboxylic acid groups (broad SMARTS) is 1. The largest absolute Gasteiger partial charge is 0.480 e. The summed E-state index contributed by atoms with van der Waals surface area (Å²) in [7, 11) is 0. The molecule has 0 bridgehead atoms. The van der Waals surface area contributed by atoms with Crippen LogP contribution in [0.25, 0.3) is 0 Å². The maximum atomic E-state index is 12.9. The summed E-state index contributed by atoms with van der Waals surface area (Å²) in [5.41, 5.74) is -0.450. The fourth-order valence-corrected chi connectivity index (χ4v) is 10.5. The average Bonchev–Trinajstić information content (AvgIpc) is 3.35. The van der Waals surface area contributed by atoms with Gasteiger partial charge in [0.1, 0.15) is 6.04 Å². The van der Waals surface area contributed by atoms with Crippen molar-refractivity contribution in [2.24, 2.45) is 46.3 Å². The van der Waals surface area contributed by atoms with E-state index in [2.05, 4.69) is 31.4 Å². The molecule has 4 fully saturated rings. The third kappa shape index (κ3) is 7.36. The van der Waals surface area contributed by atoms with Gasteiger partial charge in [-0.25, -0.2) is 4.79 Å². The Morgan fingerprint density at radius 2 is 1.53 bits per heavy atom. The lowest BCUT2D eigenvalue weighted by Gasteiger charge is -2.62. The van der Waals surface area contributed by atoms with Crippen molar-refractivity contribution in [3.05, 3.63) is 29.8 Å². The maximum absolute atomic E-state index is 12.9. The highest BCUT2D eigenvalue weighted by Crippen LogP contribution is 2.68. The number of halogens is 3. The van der Waals surface area contributed by atoms with E-state index < -0.39 is 35.6 Å². The van der Waals surface area contributed by atoms with Gasteiger partial charge < -0.3 is 26.0 Å².